The van der Waals surface area contributed by atoms with Gasteiger partial charge in [0.15, 0.2) is 0 Å². The SMILES string of the molecule is FC(F)(F)SCCCNCc1ccccc1C(F)(F)F. The van der Waals surface area contributed by atoms with Crippen LogP contribution >= 0.6 is 11.8 Å². The summed E-state index contributed by atoms with van der Waals surface area (Å²) in [5.41, 5.74) is -4.90. The lowest BCUT2D eigenvalue weighted by Gasteiger charge is -2.13. The first-order chi connectivity index (χ1) is 9.20. The Morgan fingerprint density at radius 1 is 1.00 bits per heavy atom. The van der Waals surface area contributed by atoms with Crippen molar-refractivity contribution in [1.29, 1.82) is 0 Å². The Balaban J connectivity index is 2.36. The molecule has 0 aliphatic carbocycles. The van der Waals surface area contributed by atoms with Crippen LogP contribution in [-0.2, 0) is 12.7 Å². The molecular weight excluding hydrogens is 304 g/mol. The van der Waals surface area contributed by atoms with Gasteiger partial charge in [-0.05, 0) is 24.6 Å². The van der Waals surface area contributed by atoms with Crippen LogP contribution in [0.3, 0.4) is 0 Å². The Morgan fingerprint density at radius 3 is 2.25 bits per heavy atom. The minimum absolute atomic E-state index is 0.0215. The summed E-state index contributed by atoms with van der Waals surface area (Å²) in [7, 11) is 0. The van der Waals surface area contributed by atoms with Crippen molar-refractivity contribution in [2.75, 3.05) is 12.3 Å². The fourth-order valence-electron chi connectivity index (χ4n) is 1.56. The lowest BCUT2D eigenvalue weighted by Crippen LogP contribution is -2.19. The molecule has 0 amide bonds. The largest absolute Gasteiger partial charge is 0.441 e. The topological polar surface area (TPSA) is 12.0 Å². The molecule has 0 saturated carbocycles. The fraction of sp³-hybridized carbons (Fsp3) is 0.500. The van der Waals surface area contributed by atoms with E-state index in [2.05, 4.69) is 5.32 Å². The van der Waals surface area contributed by atoms with E-state index in [1.165, 1.54) is 18.2 Å². The van der Waals surface area contributed by atoms with Crippen LogP contribution in [0.5, 0.6) is 0 Å². The molecule has 0 aromatic heterocycles. The van der Waals surface area contributed by atoms with Crippen LogP contribution in [0, 0.1) is 0 Å². The number of alkyl halides is 6. The van der Waals surface area contributed by atoms with E-state index < -0.39 is 17.2 Å². The molecule has 0 unspecified atom stereocenters. The van der Waals surface area contributed by atoms with Crippen molar-refractivity contribution < 1.29 is 26.3 Å². The molecular formula is C12H13F6NS. The van der Waals surface area contributed by atoms with E-state index in [0.29, 0.717) is 0 Å². The lowest BCUT2D eigenvalue weighted by molar-refractivity contribution is -0.138. The van der Waals surface area contributed by atoms with Gasteiger partial charge in [-0.2, -0.15) is 26.3 Å². The molecule has 0 spiro atoms. The molecule has 1 N–H and O–H groups in total. The molecule has 1 nitrogen and oxygen atoms in total. The van der Waals surface area contributed by atoms with Crippen LogP contribution in [0.15, 0.2) is 24.3 Å². The van der Waals surface area contributed by atoms with Gasteiger partial charge in [-0.3, -0.25) is 0 Å². The third-order valence-electron chi connectivity index (χ3n) is 2.40. The Kier molecular flexibility index (Phi) is 6.19. The van der Waals surface area contributed by atoms with Crippen LogP contribution in [0.2, 0.25) is 0 Å². The normalized spacial score (nSPS) is 12.7. The Labute approximate surface area is 116 Å². The summed E-state index contributed by atoms with van der Waals surface area (Å²) in [6.07, 6.45) is -4.19. The molecule has 20 heavy (non-hydrogen) atoms. The highest BCUT2D eigenvalue weighted by Gasteiger charge is 2.32. The van der Waals surface area contributed by atoms with E-state index in [1.54, 1.807) is 0 Å². The van der Waals surface area contributed by atoms with E-state index in [0.717, 1.165) is 6.07 Å². The van der Waals surface area contributed by atoms with Crippen LogP contribution in [0.25, 0.3) is 0 Å². The quantitative estimate of drug-likeness (QED) is 0.615. The number of halogens is 6. The molecule has 114 valence electrons. The zero-order valence-corrected chi connectivity index (χ0v) is 11.1. The maximum atomic E-state index is 12.7. The minimum atomic E-state index is -4.43. The van der Waals surface area contributed by atoms with Gasteiger partial charge in [-0.25, -0.2) is 0 Å². The number of thioether (sulfide) groups is 1. The first kappa shape index (κ1) is 17.2. The maximum absolute atomic E-state index is 12.7. The second kappa shape index (κ2) is 7.21. The molecule has 0 radical (unpaired) electrons. The predicted molar refractivity (Wildman–Crippen MR) is 66.3 cm³/mol. The number of rotatable bonds is 6. The van der Waals surface area contributed by atoms with Crippen LogP contribution < -0.4 is 5.32 Å². The highest BCUT2D eigenvalue weighted by atomic mass is 32.2. The first-order valence-corrected chi connectivity index (χ1v) is 6.75. The zero-order valence-electron chi connectivity index (χ0n) is 10.3. The van der Waals surface area contributed by atoms with Crippen molar-refractivity contribution in [1.82, 2.24) is 5.32 Å². The summed E-state index contributed by atoms with van der Waals surface area (Å²) in [5.74, 6) is -0.114. The van der Waals surface area contributed by atoms with Gasteiger partial charge in [0.05, 0.1) is 5.56 Å². The molecule has 0 bridgehead atoms. The van der Waals surface area contributed by atoms with E-state index >= 15 is 0 Å². The van der Waals surface area contributed by atoms with Crippen LogP contribution in [0.4, 0.5) is 26.3 Å². The maximum Gasteiger partial charge on any atom is 0.441 e. The van der Waals surface area contributed by atoms with Crippen molar-refractivity contribution >= 4 is 11.8 Å². The van der Waals surface area contributed by atoms with Crippen molar-refractivity contribution in [3.8, 4) is 0 Å². The number of hydrogen-bond acceptors (Lipinski definition) is 2. The number of nitrogens with one attached hydrogen (secondary N) is 1. The Bertz CT molecular complexity index is 415. The summed E-state index contributed by atoms with van der Waals surface area (Å²) in [4.78, 5) is 0. The standard InChI is InChI=1S/C12H13F6NS/c13-11(14,15)10-5-2-1-4-9(10)8-19-6-3-7-20-12(16,17)18/h1-2,4-5,19H,3,6-8H2. The van der Waals surface area contributed by atoms with Gasteiger partial charge < -0.3 is 5.32 Å². The lowest BCUT2D eigenvalue weighted by atomic mass is 10.1. The van der Waals surface area contributed by atoms with Gasteiger partial charge in [0.1, 0.15) is 0 Å². The number of hydrogen-bond donors (Lipinski definition) is 1. The van der Waals surface area contributed by atoms with E-state index in [9.17, 15) is 26.3 Å². The van der Waals surface area contributed by atoms with Crippen molar-refractivity contribution in [2.45, 2.75) is 24.7 Å². The molecule has 0 fully saturated rings. The van der Waals surface area contributed by atoms with Gasteiger partial charge in [-0.15, -0.1) is 0 Å². The van der Waals surface area contributed by atoms with Gasteiger partial charge in [0.25, 0.3) is 0 Å². The van der Waals surface area contributed by atoms with Gasteiger partial charge >= 0.3 is 11.7 Å². The average Bonchev–Trinajstić information content (AvgIpc) is 2.31. The van der Waals surface area contributed by atoms with Crippen molar-refractivity contribution in [3.05, 3.63) is 35.4 Å². The Hall–Kier alpha value is -0.890. The van der Waals surface area contributed by atoms with E-state index in [-0.39, 0.29) is 42.6 Å². The second-order valence-electron chi connectivity index (χ2n) is 3.98. The molecule has 0 aliphatic rings. The van der Waals surface area contributed by atoms with Gasteiger partial charge in [0.2, 0.25) is 0 Å². The summed E-state index contributed by atoms with van der Waals surface area (Å²) in [5, 5.41) is 2.72. The predicted octanol–water partition coefficient (Wildman–Crippen LogP) is 4.44. The summed E-state index contributed by atoms with van der Waals surface area (Å²) >= 11 is -0.133. The van der Waals surface area contributed by atoms with E-state index in [1.807, 2.05) is 0 Å². The molecule has 0 saturated heterocycles. The average molecular weight is 317 g/mol. The molecule has 8 heteroatoms. The third-order valence-corrected chi connectivity index (χ3v) is 3.22. The van der Waals surface area contributed by atoms with Gasteiger partial charge in [0, 0.05) is 12.3 Å². The zero-order chi connectivity index (χ0) is 15.2. The molecule has 1 aromatic carbocycles. The molecule has 0 aliphatic heterocycles. The monoisotopic (exact) mass is 317 g/mol. The van der Waals surface area contributed by atoms with Crippen molar-refractivity contribution in [3.63, 3.8) is 0 Å². The molecule has 0 atom stereocenters. The molecule has 1 aromatic rings. The summed E-state index contributed by atoms with van der Waals surface area (Å²) < 4.78 is 73.5. The minimum Gasteiger partial charge on any atom is -0.313 e. The fourth-order valence-corrected chi connectivity index (χ4v) is 2.08. The van der Waals surface area contributed by atoms with Crippen LogP contribution in [-0.4, -0.2) is 17.8 Å². The van der Waals surface area contributed by atoms with E-state index in [4.69, 9.17) is 0 Å². The molecule has 0 heterocycles. The Morgan fingerprint density at radius 2 is 1.65 bits per heavy atom. The number of benzene rings is 1. The molecule has 1 rings (SSSR count). The second-order valence-corrected chi connectivity index (χ2v) is 5.14. The highest BCUT2D eigenvalue weighted by molar-refractivity contribution is 8.00. The summed E-state index contributed by atoms with van der Waals surface area (Å²) in [6.45, 7) is 0.210. The first-order valence-electron chi connectivity index (χ1n) is 5.76. The highest BCUT2D eigenvalue weighted by Crippen LogP contribution is 2.32. The third kappa shape index (κ3) is 6.51. The van der Waals surface area contributed by atoms with Crippen molar-refractivity contribution in [2.24, 2.45) is 0 Å². The summed E-state index contributed by atoms with van der Waals surface area (Å²) in [6, 6.07) is 5.12. The smallest absolute Gasteiger partial charge is 0.313 e. The van der Waals surface area contributed by atoms with Crippen LogP contribution in [0.1, 0.15) is 17.5 Å². The van der Waals surface area contributed by atoms with Gasteiger partial charge in [-0.1, -0.05) is 30.0 Å².